The maximum atomic E-state index is 3.74. The molecule has 0 fully saturated rings. The topological polar surface area (TPSA) is 14.1 Å². The van der Waals surface area contributed by atoms with Gasteiger partial charge in [-0.25, -0.2) is 0 Å². The summed E-state index contributed by atoms with van der Waals surface area (Å²) in [5.41, 5.74) is 0. The normalized spacial score (nSPS) is 6.00. The molecule has 0 unspecified atom stereocenters. The standard InChI is InChI=1S/C3H8N.Hf/c1-3-4-2;/h3H2,1-2H3;/q-1;. The van der Waals surface area contributed by atoms with Crippen LogP contribution in [0.2, 0.25) is 0 Å². The van der Waals surface area contributed by atoms with Crippen LogP contribution in [0.3, 0.4) is 0 Å². The van der Waals surface area contributed by atoms with Gasteiger partial charge >= 0.3 is 0 Å². The van der Waals surface area contributed by atoms with E-state index in [0.717, 1.165) is 6.54 Å². The van der Waals surface area contributed by atoms with Crippen LogP contribution in [0, 0.1) is 0 Å². The molecule has 0 saturated carbocycles. The molecule has 0 aliphatic heterocycles. The van der Waals surface area contributed by atoms with E-state index in [1.54, 1.807) is 7.05 Å². The maximum Gasteiger partial charge on any atom is 0 e. The van der Waals surface area contributed by atoms with Gasteiger partial charge in [0.25, 0.3) is 0 Å². The fourth-order valence-corrected chi connectivity index (χ4v) is 0. The molecule has 30 valence electrons. The van der Waals surface area contributed by atoms with E-state index in [2.05, 4.69) is 5.32 Å². The van der Waals surface area contributed by atoms with Crippen LogP contribution in [-0.4, -0.2) is 13.6 Å². The average Bonchev–Trinajstić information content (AvgIpc) is 1.37. The van der Waals surface area contributed by atoms with E-state index in [-0.39, 0.29) is 25.8 Å². The third-order valence-corrected chi connectivity index (χ3v) is 0.316. The van der Waals surface area contributed by atoms with E-state index in [9.17, 15) is 0 Å². The van der Waals surface area contributed by atoms with Crippen LogP contribution in [0.25, 0.3) is 5.32 Å². The molecule has 0 heterocycles. The molecular weight excluding hydrogens is 229 g/mol. The number of nitrogens with zero attached hydrogens (tertiary/aromatic N) is 1. The Morgan fingerprint density at radius 2 is 1.80 bits per heavy atom. The van der Waals surface area contributed by atoms with Crippen molar-refractivity contribution in [3.8, 4) is 0 Å². The van der Waals surface area contributed by atoms with Crippen molar-refractivity contribution in [1.29, 1.82) is 0 Å². The largest absolute Gasteiger partial charge is 0.665 e. The fraction of sp³-hybridized carbons (Fsp3) is 1.00. The Morgan fingerprint density at radius 3 is 1.80 bits per heavy atom. The first-order chi connectivity index (χ1) is 1.91. The molecule has 0 aromatic rings. The zero-order valence-electron chi connectivity index (χ0n) is 3.65. The van der Waals surface area contributed by atoms with Crippen LogP contribution in [0.1, 0.15) is 6.92 Å². The molecule has 0 rings (SSSR count). The Labute approximate surface area is 51.9 Å². The average molecular weight is 237 g/mol. The first-order valence-corrected chi connectivity index (χ1v) is 1.47. The van der Waals surface area contributed by atoms with Gasteiger partial charge in [0, 0.05) is 25.8 Å². The van der Waals surface area contributed by atoms with Gasteiger partial charge in [-0.3, -0.25) is 0 Å². The zero-order chi connectivity index (χ0) is 3.41. The first kappa shape index (κ1) is 9.27. The molecule has 0 N–H and O–H groups in total. The van der Waals surface area contributed by atoms with Crippen LogP contribution >= 0.6 is 0 Å². The van der Waals surface area contributed by atoms with Crippen molar-refractivity contribution in [2.24, 2.45) is 0 Å². The number of rotatable bonds is 1. The Balaban J connectivity index is 0. The Hall–Kier alpha value is 0.830. The Kier molecular flexibility index (Phi) is 16.4. The van der Waals surface area contributed by atoms with E-state index in [1.165, 1.54) is 0 Å². The minimum Gasteiger partial charge on any atom is -0.665 e. The Morgan fingerprint density at radius 1 is 1.60 bits per heavy atom. The van der Waals surface area contributed by atoms with Gasteiger partial charge in [-0.1, -0.05) is 6.92 Å². The van der Waals surface area contributed by atoms with Crippen molar-refractivity contribution < 1.29 is 25.8 Å². The minimum atomic E-state index is 0. The summed E-state index contributed by atoms with van der Waals surface area (Å²) in [5.74, 6) is 0. The Bertz CT molecular complexity index is 8.85. The summed E-state index contributed by atoms with van der Waals surface area (Å²) in [6.07, 6.45) is 0. The second-order valence-corrected chi connectivity index (χ2v) is 0.632. The van der Waals surface area contributed by atoms with Gasteiger partial charge in [0.15, 0.2) is 0 Å². The van der Waals surface area contributed by atoms with Crippen molar-refractivity contribution in [2.75, 3.05) is 13.6 Å². The van der Waals surface area contributed by atoms with Gasteiger partial charge in [0.1, 0.15) is 0 Å². The van der Waals surface area contributed by atoms with Crippen molar-refractivity contribution in [2.45, 2.75) is 6.92 Å². The van der Waals surface area contributed by atoms with E-state index in [0.29, 0.717) is 0 Å². The maximum absolute atomic E-state index is 3.74. The molecule has 0 amide bonds. The number of hydrogen-bond acceptors (Lipinski definition) is 0. The summed E-state index contributed by atoms with van der Waals surface area (Å²) in [6.45, 7) is 2.96. The molecule has 0 radical (unpaired) electrons. The third-order valence-electron chi connectivity index (χ3n) is 0.316. The molecule has 0 aliphatic carbocycles. The molecule has 1 nitrogen and oxygen atoms in total. The van der Waals surface area contributed by atoms with Gasteiger partial charge in [-0.15, -0.1) is 0 Å². The predicted octanol–water partition coefficient (Wildman–Crippen LogP) is 1.01. The van der Waals surface area contributed by atoms with E-state index in [4.69, 9.17) is 0 Å². The predicted molar refractivity (Wildman–Crippen MR) is 19.8 cm³/mol. The molecule has 0 saturated heterocycles. The van der Waals surface area contributed by atoms with Crippen LogP contribution < -0.4 is 0 Å². The monoisotopic (exact) mass is 238 g/mol. The van der Waals surface area contributed by atoms with Gasteiger partial charge in [-0.05, 0) is 0 Å². The smallest absolute Gasteiger partial charge is 0 e. The van der Waals surface area contributed by atoms with Crippen molar-refractivity contribution in [3.05, 3.63) is 5.32 Å². The second kappa shape index (κ2) is 8.85. The molecule has 0 atom stereocenters. The second-order valence-electron chi connectivity index (χ2n) is 0.632. The third kappa shape index (κ3) is 11.6. The van der Waals surface area contributed by atoms with Crippen LogP contribution in [0.5, 0.6) is 0 Å². The molecule has 0 bridgehead atoms. The van der Waals surface area contributed by atoms with E-state index < -0.39 is 0 Å². The molecule has 5 heavy (non-hydrogen) atoms. The van der Waals surface area contributed by atoms with Crippen LogP contribution in [-0.2, 0) is 25.8 Å². The van der Waals surface area contributed by atoms with Crippen LogP contribution in [0.15, 0.2) is 0 Å². The first-order valence-electron chi connectivity index (χ1n) is 1.47. The van der Waals surface area contributed by atoms with Crippen molar-refractivity contribution in [1.82, 2.24) is 0 Å². The summed E-state index contributed by atoms with van der Waals surface area (Å²) >= 11 is 0. The molecule has 0 aliphatic rings. The SMILES string of the molecule is CC[N-]C.[Hf]. The van der Waals surface area contributed by atoms with Crippen molar-refractivity contribution in [3.63, 3.8) is 0 Å². The zero-order valence-corrected chi connectivity index (χ0v) is 7.25. The molecular formula is C3H8HfN-. The minimum absolute atomic E-state index is 0. The molecule has 2 heteroatoms. The number of hydrogen-bond donors (Lipinski definition) is 0. The molecule has 0 spiro atoms. The van der Waals surface area contributed by atoms with Crippen LogP contribution in [0.4, 0.5) is 0 Å². The van der Waals surface area contributed by atoms with Gasteiger partial charge in [-0.2, -0.15) is 13.6 Å². The van der Waals surface area contributed by atoms with Gasteiger partial charge in [0.2, 0.25) is 0 Å². The fourth-order valence-electron chi connectivity index (χ4n) is 0. The summed E-state index contributed by atoms with van der Waals surface area (Å²) < 4.78 is 0. The van der Waals surface area contributed by atoms with Gasteiger partial charge < -0.3 is 5.32 Å². The molecule has 0 aromatic carbocycles. The van der Waals surface area contributed by atoms with E-state index >= 15 is 0 Å². The van der Waals surface area contributed by atoms with E-state index in [1.807, 2.05) is 6.92 Å². The van der Waals surface area contributed by atoms with Crippen molar-refractivity contribution >= 4 is 0 Å². The summed E-state index contributed by atoms with van der Waals surface area (Å²) in [4.78, 5) is 0. The quantitative estimate of drug-likeness (QED) is 0.604. The summed E-state index contributed by atoms with van der Waals surface area (Å²) in [6, 6.07) is 0. The summed E-state index contributed by atoms with van der Waals surface area (Å²) in [7, 11) is 1.81. The summed E-state index contributed by atoms with van der Waals surface area (Å²) in [5, 5.41) is 3.74. The van der Waals surface area contributed by atoms with Gasteiger partial charge in [0.05, 0.1) is 0 Å². The molecule has 0 aromatic heterocycles.